The molecule has 0 aromatic heterocycles. The minimum atomic E-state index is -0.333. The van der Waals surface area contributed by atoms with Crippen molar-refractivity contribution in [2.75, 3.05) is 18.5 Å². The highest BCUT2D eigenvalue weighted by molar-refractivity contribution is 7.80. The molecule has 0 atom stereocenters. The maximum Gasteiger partial charge on any atom is 0.257 e. The third kappa shape index (κ3) is 8.38. The lowest BCUT2D eigenvalue weighted by Gasteiger charge is -2.14. The Morgan fingerprint density at radius 1 is 0.903 bits per heavy atom. The molecule has 3 N–H and O–H groups in total. The summed E-state index contributed by atoms with van der Waals surface area (Å²) in [5.41, 5.74) is 1.48. The van der Waals surface area contributed by atoms with Crippen molar-refractivity contribution >= 4 is 34.8 Å². The predicted octanol–water partition coefficient (Wildman–Crippen LogP) is 4.91. The lowest BCUT2D eigenvalue weighted by molar-refractivity contribution is 0.0952. The summed E-state index contributed by atoms with van der Waals surface area (Å²) in [7, 11) is 0. The Kier molecular flexibility index (Phi) is 10.5. The van der Waals surface area contributed by atoms with Crippen LogP contribution >= 0.6 is 12.2 Å². The molecule has 0 saturated heterocycles. The molecule has 2 aromatic rings. The number of thiocarbonyl (C=S) groups is 1. The second kappa shape index (κ2) is 13.4. The van der Waals surface area contributed by atoms with Crippen molar-refractivity contribution in [1.82, 2.24) is 10.6 Å². The Morgan fingerprint density at radius 3 is 2.32 bits per heavy atom. The molecule has 0 spiro atoms. The molecule has 0 unspecified atom stereocenters. The van der Waals surface area contributed by atoms with Crippen molar-refractivity contribution in [2.24, 2.45) is 0 Å². The average Bonchev–Trinajstić information content (AvgIpc) is 2.77. The van der Waals surface area contributed by atoms with Gasteiger partial charge in [0.15, 0.2) is 5.11 Å². The molecule has 166 valence electrons. The van der Waals surface area contributed by atoms with E-state index in [0.29, 0.717) is 30.0 Å². The summed E-state index contributed by atoms with van der Waals surface area (Å²) in [6.45, 7) is 5.49. The highest BCUT2D eigenvalue weighted by Gasteiger charge is 2.13. The van der Waals surface area contributed by atoms with E-state index in [2.05, 4.69) is 29.8 Å². The van der Waals surface area contributed by atoms with Gasteiger partial charge in [0.1, 0.15) is 5.75 Å². The van der Waals surface area contributed by atoms with Gasteiger partial charge in [-0.2, -0.15) is 0 Å². The number of nitrogens with one attached hydrogen (secondary N) is 3. The van der Waals surface area contributed by atoms with Crippen LogP contribution in [0.2, 0.25) is 0 Å². The molecule has 0 bridgehead atoms. The SMILES string of the molecule is CCCCCOc1ccc(C(=O)NC(=S)Nc2ccccc2C(=O)NCCCC)cc1. The molecule has 7 heteroatoms. The molecule has 0 fully saturated rings. The van der Waals surface area contributed by atoms with Gasteiger partial charge in [-0.05, 0) is 61.5 Å². The second-order valence-corrected chi connectivity index (χ2v) is 7.55. The first-order chi connectivity index (χ1) is 15.0. The summed E-state index contributed by atoms with van der Waals surface area (Å²) in [6.07, 6.45) is 5.20. The molecular formula is C24H31N3O3S. The van der Waals surface area contributed by atoms with E-state index in [1.54, 1.807) is 48.5 Å². The van der Waals surface area contributed by atoms with E-state index in [9.17, 15) is 9.59 Å². The summed E-state index contributed by atoms with van der Waals surface area (Å²) >= 11 is 5.27. The Labute approximate surface area is 189 Å². The van der Waals surface area contributed by atoms with E-state index in [1.807, 2.05) is 0 Å². The van der Waals surface area contributed by atoms with Crippen LogP contribution in [0.1, 0.15) is 66.7 Å². The van der Waals surface area contributed by atoms with Gasteiger partial charge in [0.05, 0.1) is 17.9 Å². The van der Waals surface area contributed by atoms with Crippen molar-refractivity contribution < 1.29 is 14.3 Å². The van der Waals surface area contributed by atoms with Gasteiger partial charge in [0.2, 0.25) is 0 Å². The maximum atomic E-state index is 12.5. The van der Waals surface area contributed by atoms with Crippen LogP contribution in [0.5, 0.6) is 5.75 Å². The number of para-hydroxylation sites is 1. The molecule has 2 aromatic carbocycles. The lowest BCUT2D eigenvalue weighted by Crippen LogP contribution is -2.35. The van der Waals surface area contributed by atoms with Crippen LogP contribution in [-0.4, -0.2) is 30.1 Å². The molecule has 0 heterocycles. The van der Waals surface area contributed by atoms with Gasteiger partial charge in [0, 0.05) is 12.1 Å². The smallest absolute Gasteiger partial charge is 0.257 e. The van der Waals surface area contributed by atoms with Crippen LogP contribution in [0.4, 0.5) is 5.69 Å². The number of anilines is 1. The molecule has 6 nitrogen and oxygen atoms in total. The summed E-state index contributed by atoms with van der Waals surface area (Å²) in [6, 6.07) is 14.0. The number of carbonyl (C=O) groups excluding carboxylic acids is 2. The Morgan fingerprint density at radius 2 is 1.61 bits per heavy atom. The normalized spacial score (nSPS) is 10.3. The van der Waals surface area contributed by atoms with Crippen LogP contribution in [0.3, 0.4) is 0 Å². The Balaban J connectivity index is 1.91. The quantitative estimate of drug-likeness (QED) is 0.341. The number of carbonyl (C=O) groups is 2. The fourth-order valence-corrected chi connectivity index (χ4v) is 3.04. The van der Waals surface area contributed by atoms with Crippen molar-refractivity contribution in [2.45, 2.75) is 46.0 Å². The monoisotopic (exact) mass is 441 g/mol. The third-order valence-corrected chi connectivity index (χ3v) is 4.80. The topological polar surface area (TPSA) is 79.5 Å². The zero-order valence-electron chi connectivity index (χ0n) is 18.2. The Hall–Kier alpha value is -2.93. The van der Waals surface area contributed by atoms with E-state index in [4.69, 9.17) is 17.0 Å². The first kappa shape index (κ1) is 24.3. The number of hydrogen-bond donors (Lipinski definition) is 3. The van der Waals surface area contributed by atoms with E-state index in [-0.39, 0.29) is 16.9 Å². The summed E-state index contributed by atoms with van der Waals surface area (Å²) < 4.78 is 5.67. The van der Waals surface area contributed by atoms with E-state index in [0.717, 1.165) is 37.9 Å². The number of amides is 2. The minimum Gasteiger partial charge on any atom is -0.494 e. The first-order valence-corrected chi connectivity index (χ1v) is 11.2. The second-order valence-electron chi connectivity index (χ2n) is 7.14. The van der Waals surface area contributed by atoms with Crippen LogP contribution in [-0.2, 0) is 0 Å². The lowest BCUT2D eigenvalue weighted by atomic mass is 10.1. The van der Waals surface area contributed by atoms with Gasteiger partial charge in [0.25, 0.3) is 11.8 Å². The molecule has 0 aliphatic carbocycles. The van der Waals surface area contributed by atoms with Crippen LogP contribution in [0.15, 0.2) is 48.5 Å². The van der Waals surface area contributed by atoms with E-state index < -0.39 is 0 Å². The molecule has 0 radical (unpaired) electrons. The van der Waals surface area contributed by atoms with Gasteiger partial charge >= 0.3 is 0 Å². The van der Waals surface area contributed by atoms with Gasteiger partial charge in [-0.1, -0.05) is 45.2 Å². The fraction of sp³-hybridized carbons (Fsp3) is 0.375. The van der Waals surface area contributed by atoms with Crippen LogP contribution < -0.4 is 20.7 Å². The number of rotatable bonds is 11. The molecule has 0 saturated carbocycles. The molecule has 0 aliphatic heterocycles. The zero-order chi connectivity index (χ0) is 22.5. The van der Waals surface area contributed by atoms with Crippen molar-refractivity contribution in [3.63, 3.8) is 0 Å². The van der Waals surface area contributed by atoms with Crippen molar-refractivity contribution in [3.05, 3.63) is 59.7 Å². The number of benzene rings is 2. The predicted molar refractivity (Wildman–Crippen MR) is 129 cm³/mol. The standard InChI is InChI=1S/C24H31N3O3S/c1-3-5-9-17-30-19-14-12-18(13-15-19)22(28)27-24(31)26-21-11-8-7-10-20(21)23(29)25-16-6-4-2/h7-8,10-15H,3-6,9,16-17H2,1-2H3,(H,25,29)(H2,26,27,28,31). The van der Waals surface area contributed by atoms with Gasteiger partial charge in [-0.25, -0.2) is 0 Å². The summed E-state index contributed by atoms with van der Waals surface area (Å²) in [5, 5.41) is 8.61. The first-order valence-electron chi connectivity index (χ1n) is 10.8. The van der Waals surface area contributed by atoms with Crippen LogP contribution in [0, 0.1) is 0 Å². The van der Waals surface area contributed by atoms with Crippen molar-refractivity contribution in [1.29, 1.82) is 0 Å². The largest absolute Gasteiger partial charge is 0.494 e. The van der Waals surface area contributed by atoms with E-state index in [1.165, 1.54) is 0 Å². The Bertz CT molecular complexity index is 869. The fourth-order valence-electron chi connectivity index (χ4n) is 2.84. The van der Waals surface area contributed by atoms with Crippen molar-refractivity contribution in [3.8, 4) is 5.75 Å². The van der Waals surface area contributed by atoms with Gasteiger partial charge in [-0.3, -0.25) is 14.9 Å². The molecular weight excluding hydrogens is 410 g/mol. The molecule has 0 aliphatic rings. The summed E-state index contributed by atoms with van der Waals surface area (Å²) in [5.74, 6) is 0.219. The average molecular weight is 442 g/mol. The number of ether oxygens (including phenoxy) is 1. The van der Waals surface area contributed by atoms with Gasteiger partial charge in [-0.15, -0.1) is 0 Å². The van der Waals surface area contributed by atoms with Gasteiger partial charge < -0.3 is 15.4 Å². The zero-order valence-corrected chi connectivity index (χ0v) is 19.0. The molecule has 2 amide bonds. The third-order valence-electron chi connectivity index (χ3n) is 4.60. The number of hydrogen-bond acceptors (Lipinski definition) is 4. The molecule has 2 rings (SSSR count). The van der Waals surface area contributed by atoms with Crippen LogP contribution in [0.25, 0.3) is 0 Å². The number of unbranched alkanes of at least 4 members (excludes halogenated alkanes) is 3. The maximum absolute atomic E-state index is 12.5. The van der Waals surface area contributed by atoms with E-state index >= 15 is 0 Å². The minimum absolute atomic E-state index is 0.124. The highest BCUT2D eigenvalue weighted by atomic mass is 32.1. The highest BCUT2D eigenvalue weighted by Crippen LogP contribution is 2.16. The summed E-state index contributed by atoms with van der Waals surface area (Å²) in [4.78, 5) is 24.9. The molecule has 31 heavy (non-hydrogen) atoms.